The summed E-state index contributed by atoms with van der Waals surface area (Å²) in [5.74, 6) is -0.578. The zero-order chi connectivity index (χ0) is 24.2. The van der Waals surface area contributed by atoms with Crippen LogP contribution in [0.5, 0.6) is 0 Å². The highest BCUT2D eigenvalue weighted by Gasteiger charge is 2.24. The van der Waals surface area contributed by atoms with Crippen molar-refractivity contribution < 1.29 is 19.5 Å². The molecule has 178 valence electrons. The number of amides is 3. The Hall–Kier alpha value is -4.14. The van der Waals surface area contributed by atoms with Crippen LogP contribution in [-0.2, 0) is 11.3 Å². The molecule has 8 nitrogen and oxygen atoms in total. The molecule has 1 aliphatic rings. The van der Waals surface area contributed by atoms with Crippen LogP contribution in [0.2, 0.25) is 0 Å². The van der Waals surface area contributed by atoms with Gasteiger partial charge in [-0.1, -0.05) is 36.4 Å². The molecule has 0 unspecified atom stereocenters. The molecule has 2 heterocycles. The fraction of sp³-hybridized carbons (Fsp3) is 0.185. The van der Waals surface area contributed by atoms with Gasteiger partial charge in [-0.2, -0.15) is 0 Å². The molecule has 1 aromatic heterocycles. The number of hydroxylamine groups is 1. The Labute approximate surface area is 202 Å². The summed E-state index contributed by atoms with van der Waals surface area (Å²) in [5.41, 5.74) is 6.88. The van der Waals surface area contributed by atoms with Crippen LogP contribution in [0, 0.1) is 0 Å². The molecule has 4 aromatic rings. The van der Waals surface area contributed by atoms with E-state index in [-0.39, 0.29) is 6.03 Å². The molecule has 0 aliphatic carbocycles. The zero-order valence-electron chi connectivity index (χ0n) is 19.1. The number of rotatable bonds is 5. The van der Waals surface area contributed by atoms with E-state index in [9.17, 15) is 9.59 Å². The second-order valence-electron chi connectivity index (χ2n) is 8.40. The van der Waals surface area contributed by atoms with Crippen LogP contribution >= 0.6 is 0 Å². The van der Waals surface area contributed by atoms with E-state index in [0.29, 0.717) is 38.4 Å². The smallest absolute Gasteiger partial charge is 0.324 e. The zero-order valence-corrected chi connectivity index (χ0v) is 19.1. The summed E-state index contributed by atoms with van der Waals surface area (Å²) >= 11 is 0. The van der Waals surface area contributed by atoms with E-state index in [1.54, 1.807) is 39.5 Å². The van der Waals surface area contributed by atoms with Gasteiger partial charge in [-0.05, 0) is 53.1 Å². The van der Waals surface area contributed by atoms with E-state index in [2.05, 4.69) is 17.1 Å². The minimum absolute atomic E-state index is 0.0917. The predicted octanol–water partition coefficient (Wildman–Crippen LogP) is 4.41. The van der Waals surface area contributed by atoms with Crippen LogP contribution in [0.3, 0.4) is 0 Å². The van der Waals surface area contributed by atoms with Crippen molar-refractivity contribution in [2.24, 2.45) is 0 Å². The fourth-order valence-electron chi connectivity index (χ4n) is 4.36. The molecule has 1 fully saturated rings. The number of carbonyl (C=O) groups excluding carboxylic acids is 2. The van der Waals surface area contributed by atoms with Crippen LogP contribution < -0.4 is 10.4 Å². The van der Waals surface area contributed by atoms with Crippen molar-refractivity contribution in [1.82, 2.24) is 15.4 Å². The number of nitrogens with zero attached hydrogens (tertiary/aromatic N) is 2. The van der Waals surface area contributed by atoms with Crippen LogP contribution in [0.15, 0.2) is 79.0 Å². The molecular formula is C27H26N4O4. The first-order valence-electron chi connectivity index (χ1n) is 11.5. The minimum atomic E-state index is -0.578. The Morgan fingerprint density at radius 2 is 1.71 bits per heavy atom. The van der Waals surface area contributed by atoms with Crippen LogP contribution in [0.4, 0.5) is 10.5 Å². The first kappa shape index (κ1) is 22.6. The molecular weight excluding hydrogens is 444 g/mol. The van der Waals surface area contributed by atoms with Crippen molar-refractivity contribution in [3.8, 4) is 11.1 Å². The highest BCUT2D eigenvalue weighted by atomic mass is 16.5. The van der Waals surface area contributed by atoms with E-state index in [1.807, 2.05) is 42.6 Å². The summed E-state index contributed by atoms with van der Waals surface area (Å²) in [7, 11) is 0. The van der Waals surface area contributed by atoms with Crippen molar-refractivity contribution in [2.75, 3.05) is 31.2 Å². The summed E-state index contributed by atoms with van der Waals surface area (Å²) in [6, 6.07) is 22.9. The van der Waals surface area contributed by atoms with Crippen molar-refractivity contribution in [2.45, 2.75) is 6.54 Å². The van der Waals surface area contributed by atoms with Gasteiger partial charge >= 0.3 is 6.03 Å². The maximum absolute atomic E-state index is 13.5. The lowest BCUT2D eigenvalue weighted by Crippen LogP contribution is -2.48. The molecule has 35 heavy (non-hydrogen) atoms. The van der Waals surface area contributed by atoms with E-state index < -0.39 is 5.91 Å². The van der Waals surface area contributed by atoms with Crippen molar-refractivity contribution >= 4 is 28.5 Å². The summed E-state index contributed by atoms with van der Waals surface area (Å²) in [6.07, 6.45) is 1.93. The quantitative estimate of drug-likeness (QED) is 0.297. The first-order valence-corrected chi connectivity index (χ1v) is 11.5. The second kappa shape index (κ2) is 10.0. The maximum atomic E-state index is 13.5. The average Bonchev–Trinajstić information content (AvgIpc) is 3.41. The van der Waals surface area contributed by atoms with Crippen LogP contribution in [0.25, 0.3) is 22.0 Å². The number of anilines is 1. The van der Waals surface area contributed by atoms with Gasteiger partial charge in [0.05, 0.1) is 19.8 Å². The summed E-state index contributed by atoms with van der Waals surface area (Å²) < 4.78 is 5.42. The molecule has 0 saturated carbocycles. The van der Waals surface area contributed by atoms with E-state index in [4.69, 9.17) is 9.94 Å². The lowest BCUT2D eigenvalue weighted by molar-refractivity contribution is 0.0548. The summed E-state index contributed by atoms with van der Waals surface area (Å²) in [5, 5.41) is 10.00. The van der Waals surface area contributed by atoms with Gasteiger partial charge in [-0.3, -0.25) is 14.9 Å². The molecule has 1 saturated heterocycles. The van der Waals surface area contributed by atoms with Crippen molar-refractivity contribution in [3.05, 3.63) is 90.1 Å². The van der Waals surface area contributed by atoms with Crippen molar-refractivity contribution in [3.63, 3.8) is 0 Å². The lowest BCUT2D eigenvalue weighted by Gasteiger charge is -2.33. The van der Waals surface area contributed by atoms with E-state index >= 15 is 0 Å². The summed E-state index contributed by atoms with van der Waals surface area (Å²) in [6.45, 7) is 2.45. The largest absolute Gasteiger partial charge is 0.378 e. The Bertz CT molecular complexity index is 1330. The van der Waals surface area contributed by atoms with Crippen LogP contribution in [0.1, 0.15) is 15.9 Å². The van der Waals surface area contributed by atoms with Gasteiger partial charge in [-0.15, -0.1) is 0 Å². The van der Waals surface area contributed by atoms with Crippen molar-refractivity contribution in [1.29, 1.82) is 0 Å². The average molecular weight is 471 g/mol. The number of H-pyrrole nitrogens is 1. The van der Waals surface area contributed by atoms with Gasteiger partial charge in [0.15, 0.2) is 0 Å². The van der Waals surface area contributed by atoms with Gasteiger partial charge in [0, 0.05) is 41.4 Å². The van der Waals surface area contributed by atoms with Gasteiger partial charge in [0.1, 0.15) is 0 Å². The highest BCUT2D eigenvalue weighted by molar-refractivity contribution is 5.96. The Kier molecular flexibility index (Phi) is 6.47. The number of fused-ring (bicyclic) bond motifs is 1. The molecule has 0 radical (unpaired) electrons. The predicted molar refractivity (Wildman–Crippen MR) is 133 cm³/mol. The fourth-order valence-corrected chi connectivity index (χ4v) is 4.36. The Morgan fingerprint density at radius 1 is 0.971 bits per heavy atom. The van der Waals surface area contributed by atoms with Gasteiger partial charge in [-0.25, -0.2) is 10.3 Å². The second-order valence-corrected chi connectivity index (χ2v) is 8.40. The third-order valence-electron chi connectivity index (χ3n) is 6.26. The number of aromatic amines is 1. The Balaban J connectivity index is 1.44. The third kappa shape index (κ3) is 4.75. The van der Waals surface area contributed by atoms with Gasteiger partial charge in [0.2, 0.25) is 0 Å². The Morgan fingerprint density at radius 3 is 2.43 bits per heavy atom. The molecule has 0 spiro atoms. The molecule has 3 N–H and O–H groups in total. The number of aromatic nitrogens is 1. The normalized spacial score (nSPS) is 13.6. The standard InChI is InChI=1S/C27H26N4O4/c32-26(29-34)21-6-4-19(5-7-21)18-31(27(33)30-14-16-35-17-15-30)22-10-8-20(9-11-22)23-2-1-3-25-24(23)12-13-28-25/h1-13,28,34H,14-18H2,(H,29,32). The number of nitrogens with one attached hydrogen (secondary N) is 2. The molecule has 0 bridgehead atoms. The number of carbonyl (C=O) groups is 2. The lowest BCUT2D eigenvalue weighted by atomic mass is 10.0. The molecule has 0 atom stereocenters. The number of benzene rings is 3. The van der Waals surface area contributed by atoms with E-state index in [1.165, 1.54) is 0 Å². The molecule has 3 aromatic carbocycles. The third-order valence-corrected chi connectivity index (χ3v) is 6.26. The maximum Gasteiger partial charge on any atom is 0.324 e. The topological polar surface area (TPSA) is 97.9 Å². The number of hydrogen-bond donors (Lipinski definition) is 3. The monoisotopic (exact) mass is 470 g/mol. The van der Waals surface area contributed by atoms with E-state index in [0.717, 1.165) is 33.3 Å². The highest BCUT2D eigenvalue weighted by Crippen LogP contribution is 2.30. The molecule has 5 rings (SSSR count). The molecule has 3 amide bonds. The number of ether oxygens (including phenoxy) is 1. The molecule has 8 heteroatoms. The number of urea groups is 1. The van der Waals surface area contributed by atoms with Crippen LogP contribution in [-0.4, -0.2) is 53.3 Å². The number of hydrogen-bond acceptors (Lipinski definition) is 4. The number of morpholine rings is 1. The minimum Gasteiger partial charge on any atom is -0.378 e. The first-order chi connectivity index (χ1) is 17.1. The SMILES string of the molecule is O=C(NO)c1ccc(CN(C(=O)N2CCOCC2)c2ccc(-c3cccc4[nH]ccc34)cc2)cc1. The van der Waals surface area contributed by atoms with Gasteiger partial charge in [0.25, 0.3) is 5.91 Å². The van der Waals surface area contributed by atoms with Gasteiger partial charge < -0.3 is 14.6 Å². The molecule has 1 aliphatic heterocycles. The summed E-state index contributed by atoms with van der Waals surface area (Å²) in [4.78, 5) is 32.0.